The lowest BCUT2D eigenvalue weighted by molar-refractivity contribution is -0.495. The molecule has 268 valence electrons. The molecule has 0 aromatic heterocycles. The van der Waals surface area contributed by atoms with E-state index in [1.807, 2.05) is 0 Å². The molecule has 2 aliphatic heterocycles. The number of hydrogen-bond donors (Lipinski definition) is 6. The van der Waals surface area contributed by atoms with Gasteiger partial charge in [-0.1, -0.05) is 6.07 Å². The zero-order valence-electron chi connectivity index (χ0n) is 26.3. The second-order valence-corrected chi connectivity index (χ2v) is 12.4. The number of likely N-dealkylation sites (tertiary alicyclic amines) is 1. The molecule has 3 unspecified atom stereocenters. The standard InChI is InChI=1S/C30H37F7N4O7/c1-16-11-22(31)5-6-23(16)24-26(43,44)25(40-9-7-39(8-10-40)18(3)42)27(45,46)30(47,48)41(24)15-38(4)17(2)19-12-20(28(32,33)34)14-21(13-19)29(35,36)37/h5-6,11-14,17,24-25,43-48H,7-10,15H2,1-4H3. The molecule has 11 nitrogen and oxygen atoms in total. The normalized spacial score (nSPS) is 24.2. The lowest BCUT2D eigenvalue weighted by Crippen LogP contribution is -2.85. The van der Waals surface area contributed by atoms with E-state index in [9.17, 15) is 66.2 Å². The summed E-state index contributed by atoms with van der Waals surface area (Å²) in [5.74, 6) is -12.0. The highest BCUT2D eigenvalue weighted by atomic mass is 19.4. The molecular weight excluding hydrogens is 661 g/mol. The van der Waals surface area contributed by atoms with Gasteiger partial charge in [0.05, 0.1) is 23.8 Å². The number of hydrogen-bond acceptors (Lipinski definition) is 10. The van der Waals surface area contributed by atoms with Crippen molar-refractivity contribution >= 4 is 5.91 Å². The Bertz CT molecular complexity index is 1480. The van der Waals surface area contributed by atoms with Crippen LogP contribution >= 0.6 is 0 Å². The van der Waals surface area contributed by atoms with Gasteiger partial charge in [-0.25, -0.2) is 9.29 Å². The topological polar surface area (TPSA) is 151 Å². The van der Waals surface area contributed by atoms with Crippen molar-refractivity contribution in [2.75, 3.05) is 39.9 Å². The molecule has 2 aromatic carbocycles. The number of aryl methyl sites for hydroxylation is 1. The maximum absolute atomic E-state index is 14.2. The van der Waals surface area contributed by atoms with Gasteiger partial charge < -0.3 is 35.5 Å². The van der Waals surface area contributed by atoms with Crippen molar-refractivity contribution in [1.29, 1.82) is 0 Å². The summed E-state index contributed by atoms with van der Waals surface area (Å²) < 4.78 is 95.7. The molecule has 2 heterocycles. The fourth-order valence-corrected chi connectivity index (χ4v) is 6.43. The lowest BCUT2D eigenvalue weighted by atomic mass is 9.77. The first-order valence-corrected chi connectivity index (χ1v) is 14.7. The third-order valence-corrected chi connectivity index (χ3v) is 9.17. The summed E-state index contributed by atoms with van der Waals surface area (Å²) >= 11 is 0. The molecule has 18 heteroatoms. The van der Waals surface area contributed by atoms with E-state index >= 15 is 0 Å². The number of aliphatic hydroxyl groups is 6. The van der Waals surface area contributed by atoms with Crippen LogP contribution in [0.2, 0.25) is 0 Å². The molecule has 2 fully saturated rings. The molecule has 2 aliphatic rings. The van der Waals surface area contributed by atoms with Crippen LogP contribution in [0.15, 0.2) is 36.4 Å². The van der Waals surface area contributed by atoms with Crippen LogP contribution in [-0.4, -0.2) is 120 Å². The molecule has 2 aromatic rings. The Balaban J connectivity index is 1.82. The number of piperidine rings is 1. The van der Waals surface area contributed by atoms with Gasteiger partial charge in [0.15, 0.2) is 0 Å². The average Bonchev–Trinajstić information content (AvgIpc) is 2.95. The highest BCUT2D eigenvalue weighted by Gasteiger charge is 2.73. The monoisotopic (exact) mass is 698 g/mol. The third-order valence-electron chi connectivity index (χ3n) is 9.17. The largest absolute Gasteiger partial charge is 0.416 e. The SMILES string of the molecule is CC(=O)N1CCN(C2C(O)(O)C(c3ccc(F)cc3C)N(CN(C)C(C)c3cc(C(F)(F)F)cc(C(F)(F)F)c3)C(O)(O)C2(O)O)CC1. The van der Waals surface area contributed by atoms with Gasteiger partial charge in [-0.3, -0.25) is 14.6 Å². The number of carbonyl (C=O) groups is 1. The van der Waals surface area contributed by atoms with E-state index in [0.29, 0.717) is 17.0 Å². The summed E-state index contributed by atoms with van der Waals surface area (Å²) in [6.07, 6.45) is -10.3. The molecule has 48 heavy (non-hydrogen) atoms. The van der Waals surface area contributed by atoms with E-state index in [1.54, 1.807) is 0 Å². The number of alkyl halides is 6. The Morgan fingerprint density at radius 3 is 1.90 bits per heavy atom. The van der Waals surface area contributed by atoms with Crippen molar-refractivity contribution in [2.24, 2.45) is 0 Å². The zero-order valence-corrected chi connectivity index (χ0v) is 26.3. The minimum Gasteiger partial charge on any atom is -0.363 e. The summed E-state index contributed by atoms with van der Waals surface area (Å²) in [5.41, 5.74) is -3.82. The Hall–Kier alpha value is -2.94. The minimum absolute atomic E-state index is 0.0109. The second kappa shape index (κ2) is 12.7. The smallest absolute Gasteiger partial charge is 0.363 e. The van der Waals surface area contributed by atoms with E-state index in [2.05, 4.69) is 0 Å². The van der Waals surface area contributed by atoms with E-state index in [4.69, 9.17) is 0 Å². The quantitative estimate of drug-likeness (QED) is 0.195. The molecule has 0 radical (unpaired) electrons. The molecule has 4 rings (SSSR count). The van der Waals surface area contributed by atoms with Crippen LogP contribution in [0.5, 0.6) is 0 Å². The highest BCUT2D eigenvalue weighted by molar-refractivity contribution is 5.73. The van der Waals surface area contributed by atoms with Gasteiger partial charge in [0.2, 0.25) is 11.7 Å². The van der Waals surface area contributed by atoms with Crippen LogP contribution in [-0.2, 0) is 17.1 Å². The molecule has 0 saturated carbocycles. The van der Waals surface area contributed by atoms with Crippen molar-refractivity contribution in [2.45, 2.75) is 68.7 Å². The maximum atomic E-state index is 14.2. The van der Waals surface area contributed by atoms with E-state index in [0.717, 1.165) is 35.0 Å². The van der Waals surface area contributed by atoms with Gasteiger partial charge in [-0.05, 0) is 67.9 Å². The van der Waals surface area contributed by atoms with Gasteiger partial charge in [0.25, 0.3) is 11.7 Å². The summed E-state index contributed by atoms with van der Waals surface area (Å²) in [4.78, 5) is 15.8. The van der Waals surface area contributed by atoms with E-state index in [1.165, 1.54) is 25.7 Å². The second-order valence-electron chi connectivity index (χ2n) is 12.4. The number of benzene rings is 2. The first-order chi connectivity index (χ1) is 21.8. The van der Waals surface area contributed by atoms with Crippen LogP contribution < -0.4 is 0 Å². The molecular formula is C30H37F7N4O7. The predicted octanol–water partition coefficient (Wildman–Crippen LogP) is 1.71. The van der Waals surface area contributed by atoms with Gasteiger partial charge >= 0.3 is 12.4 Å². The fraction of sp³-hybridized carbons (Fsp3) is 0.567. The van der Waals surface area contributed by atoms with Crippen LogP contribution in [0.3, 0.4) is 0 Å². The first kappa shape index (κ1) is 37.9. The number of amides is 1. The van der Waals surface area contributed by atoms with Crippen LogP contribution in [0.1, 0.15) is 53.7 Å². The van der Waals surface area contributed by atoms with Crippen LogP contribution in [0.25, 0.3) is 0 Å². The summed E-state index contributed by atoms with van der Waals surface area (Å²) in [6, 6.07) is -1.82. The molecule has 2 saturated heterocycles. The maximum Gasteiger partial charge on any atom is 0.416 e. The highest BCUT2D eigenvalue weighted by Crippen LogP contribution is 2.50. The summed E-state index contributed by atoms with van der Waals surface area (Å²) in [7, 11) is 1.16. The van der Waals surface area contributed by atoms with Crippen molar-refractivity contribution in [3.63, 3.8) is 0 Å². The summed E-state index contributed by atoms with van der Waals surface area (Å²) in [5, 5.41) is 69.3. The Labute approximate surface area is 270 Å². The summed E-state index contributed by atoms with van der Waals surface area (Å²) in [6.45, 7) is 2.50. The average molecular weight is 699 g/mol. The molecule has 0 spiro atoms. The molecule has 1 amide bonds. The molecule has 0 aliphatic carbocycles. The van der Waals surface area contributed by atoms with Gasteiger partial charge in [0.1, 0.15) is 11.9 Å². The van der Waals surface area contributed by atoms with Gasteiger partial charge in [0, 0.05) is 39.1 Å². The van der Waals surface area contributed by atoms with Crippen molar-refractivity contribution in [3.05, 3.63) is 70.0 Å². The first-order valence-electron chi connectivity index (χ1n) is 14.7. The van der Waals surface area contributed by atoms with E-state index in [-0.39, 0.29) is 49.3 Å². The Morgan fingerprint density at radius 2 is 1.44 bits per heavy atom. The molecule has 6 N–H and O–H groups in total. The number of carbonyl (C=O) groups excluding carboxylic acids is 1. The van der Waals surface area contributed by atoms with Crippen LogP contribution in [0, 0.1) is 12.7 Å². The molecule has 3 atom stereocenters. The van der Waals surface area contributed by atoms with Gasteiger partial charge in [-0.2, -0.15) is 26.3 Å². The number of nitrogens with zero attached hydrogens (tertiary/aromatic N) is 4. The molecule has 0 bridgehead atoms. The van der Waals surface area contributed by atoms with Crippen molar-refractivity contribution < 1.29 is 66.2 Å². The number of piperazine rings is 1. The minimum atomic E-state index is -5.16. The fourth-order valence-electron chi connectivity index (χ4n) is 6.43. The number of halogens is 7. The van der Waals surface area contributed by atoms with Crippen LogP contribution in [0.4, 0.5) is 30.7 Å². The predicted molar refractivity (Wildman–Crippen MR) is 152 cm³/mol. The zero-order chi connectivity index (χ0) is 36.4. The Morgan fingerprint density at radius 1 is 0.917 bits per heavy atom. The third kappa shape index (κ3) is 6.90. The van der Waals surface area contributed by atoms with E-state index < -0.39 is 77.1 Å². The lowest BCUT2D eigenvalue weighted by Gasteiger charge is -2.62. The van der Waals surface area contributed by atoms with Crippen molar-refractivity contribution in [3.8, 4) is 0 Å². The Kier molecular flexibility index (Phi) is 10.1. The number of rotatable bonds is 6. The van der Waals surface area contributed by atoms with Gasteiger partial charge in [-0.15, -0.1) is 0 Å². The van der Waals surface area contributed by atoms with Crippen molar-refractivity contribution in [1.82, 2.24) is 19.6 Å².